The number of nitrogens with one attached hydrogen (secondary N) is 3. The van der Waals surface area contributed by atoms with Gasteiger partial charge < -0.3 is 10.3 Å². The van der Waals surface area contributed by atoms with Crippen molar-refractivity contribution in [3.63, 3.8) is 0 Å². The molecule has 0 bridgehead atoms. The van der Waals surface area contributed by atoms with Crippen LogP contribution < -0.4 is 5.32 Å². The lowest BCUT2D eigenvalue weighted by Gasteiger charge is -2.42. The standard InChI is InChI=1S/C12H16N4O3/c13-7-8(14)11(19)16-3-1-12(2-4-16)5-9(17)15-10(18)6-12/h7,13-14H,1-6H2,(H,15,17,18). The lowest BCUT2D eigenvalue weighted by Crippen LogP contribution is -2.51. The van der Waals surface area contributed by atoms with E-state index in [4.69, 9.17) is 10.8 Å². The van der Waals surface area contributed by atoms with E-state index in [0.717, 1.165) is 6.21 Å². The van der Waals surface area contributed by atoms with Gasteiger partial charge in [-0.2, -0.15) is 0 Å². The van der Waals surface area contributed by atoms with Crippen molar-refractivity contribution < 1.29 is 14.4 Å². The summed E-state index contributed by atoms with van der Waals surface area (Å²) in [7, 11) is 0. The average Bonchev–Trinajstić information content (AvgIpc) is 2.36. The van der Waals surface area contributed by atoms with Crippen LogP contribution in [0.4, 0.5) is 0 Å². The van der Waals surface area contributed by atoms with Crippen LogP contribution in [0.25, 0.3) is 0 Å². The first-order valence-electron chi connectivity index (χ1n) is 6.17. The molecule has 0 aliphatic carbocycles. The maximum absolute atomic E-state index is 11.7. The second-order valence-corrected chi connectivity index (χ2v) is 5.18. The van der Waals surface area contributed by atoms with E-state index in [1.165, 1.54) is 4.90 Å². The van der Waals surface area contributed by atoms with Gasteiger partial charge in [0.25, 0.3) is 5.91 Å². The highest BCUT2D eigenvalue weighted by Gasteiger charge is 2.42. The smallest absolute Gasteiger partial charge is 0.273 e. The number of amides is 3. The summed E-state index contributed by atoms with van der Waals surface area (Å²) in [6, 6.07) is 0. The number of piperidine rings is 2. The summed E-state index contributed by atoms with van der Waals surface area (Å²) in [5.41, 5.74) is -0.670. The first-order chi connectivity index (χ1) is 8.96. The highest BCUT2D eigenvalue weighted by atomic mass is 16.2. The van der Waals surface area contributed by atoms with Gasteiger partial charge in [-0.15, -0.1) is 0 Å². The van der Waals surface area contributed by atoms with Gasteiger partial charge in [-0.25, -0.2) is 0 Å². The summed E-state index contributed by atoms with van der Waals surface area (Å²) in [4.78, 5) is 36.1. The van der Waals surface area contributed by atoms with Crippen LogP contribution in [0.2, 0.25) is 0 Å². The molecule has 7 nitrogen and oxygen atoms in total. The van der Waals surface area contributed by atoms with Crippen LogP contribution in [0.5, 0.6) is 0 Å². The summed E-state index contributed by atoms with van der Waals surface area (Å²) in [5, 5.41) is 16.5. The van der Waals surface area contributed by atoms with E-state index in [2.05, 4.69) is 5.32 Å². The van der Waals surface area contributed by atoms with Crippen LogP contribution in [-0.4, -0.2) is 47.6 Å². The molecule has 7 heteroatoms. The van der Waals surface area contributed by atoms with Crippen molar-refractivity contribution in [3.05, 3.63) is 0 Å². The highest BCUT2D eigenvalue weighted by Crippen LogP contribution is 2.40. The molecule has 2 fully saturated rings. The van der Waals surface area contributed by atoms with Crippen LogP contribution >= 0.6 is 0 Å². The van der Waals surface area contributed by atoms with Gasteiger partial charge in [0.1, 0.15) is 5.71 Å². The second-order valence-electron chi connectivity index (χ2n) is 5.18. The molecule has 1 spiro atoms. The van der Waals surface area contributed by atoms with Crippen molar-refractivity contribution in [2.24, 2.45) is 5.41 Å². The lowest BCUT2D eigenvalue weighted by molar-refractivity contribution is -0.140. The fourth-order valence-electron chi connectivity index (χ4n) is 2.76. The lowest BCUT2D eigenvalue weighted by atomic mass is 9.71. The Morgan fingerprint density at radius 3 is 2.21 bits per heavy atom. The number of rotatable bonds is 2. The minimum atomic E-state index is -0.462. The maximum Gasteiger partial charge on any atom is 0.273 e. The Labute approximate surface area is 110 Å². The molecular weight excluding hydrogens is 248 g/mol. The van der Waals surface area contributed by atoms with E-state index >= 15 is 0 Å². The third-order valence-corrected chi connectivity index (χ3v) is 3.84. The van der Waals surface area contributed by atoms with Gasteiger partial charge in [0.2, 0.25) is 11.8 Å². The molecule has 2 aliphatic rings. The van der Waals surface area contributed by atoms with E-state index < -0.39 is 5.91 Å². The van der Waals surface area contributed by atoms with Gasteiger partial charge >= 0.3 is 0 Å². The normalized spacial score (nSPS) is 22.0. The van der Waals surface area contributed by atoms with Crippen molar-refractivity contribution in [1.29, 1.82) is 10.8 Å². The van der Waals surface area contributed by atoms with E-state index in [1.807, 2.05) is 0 Å². The van der Waals surface area contributed by atoms with Crippen molar-refractivity contribution in [2.75, 3.05) is 13.1 Å². The fourth-order valence-corrected chi connectivity index (χ4v) is 2.76. The summed E-state index contributed by atoms with van der Waals surface area (Å²) in [6.07, 6.45) is 2.54. The fraction of sp³-hybridized carbons (Fsp3) is 0.583. The third-order valence-electron chi connectivity index (χ3n) is 3.84. The predicted octanol–water partition coefficient (Wildman–Crippen LogP) is -0.299. The largest absolute Gasteiger partial charge is 0.337 e. The Kier molecular flexibility index (Phi) is 3.46. The molecule has 19 heavy (non-hydrogen) atoms. The SMILES string of the molecule is N=CC(=N)C(=O)N1CCC2(CC1)CC(=O)NC(=O)C2. The van der Waals surface area contributed by atoms with Crippen LogP contribution in [0.15, 0.2) is 0 Å². The molecule has 3 N–H and O–H groups in total. The van der Waals surface area contributed by atoms with E-state index in [9.17, 15) is 14.4 Å². The Morgan fingerprint density at radius 2 is 1.74 bits per heavy atom. The Hall–Kier alpha value is -2.05. The number of imide groups is 1. The van der Waals surface area contributed by atoms with Crippen LogP contribution in [0.1, 0.15) is 25.7 Å². The molecule has 0 unspecified atom stereocenters. The Bertz CT molecular complexity index is 446. The number of carbonyl (C=O) groups excluding carboxylic acids is 3. The third kappa shape index (κ3) is 2.69. The minimum Gasteiger partial charge on any atom is -0.337 e. The second kappa shape index (κ2) is 4.91. The minimum absolute atomic E-state index is 0.247. The number of likely N-dealkylation sites (tertiary alicyclic amines) is 1. The van der Waals surface area contributed by atoms with Crippen LogP contribution in [0.3, 0.4) is 0 Å². The molecular formula is C12H16N4O3. The first kappa shape index (κ1) is 13.4. The number of hydrogen-bond acceptors (Lipinski definition) is 5. The van der Waals surface area contributed by atoms with E-state index in [-0.39, 0.29) is 22.9 Å². The molecule has 3 amide bonds. The molecule has 2 aliphatic heterocycles. The highest BCUT2D eigenvalue weighted by molar-refractivity contribution is 6.58. The number of carbonyl (C=O) groups is 3. The maximum atomic E-state index is 11.7. The monoisotopic (exact) mass is 264 g/mol. The molecule has 0 atom stereocenters. The molecule has 0 radical (unpaired) electrons. The van der Waals surface area contributed by atoms with Gasteiger partial charge in [0.05, 0.1) is 0 Å². The first-order valence-corrected chi connectivity index (χ1v) is 6.17. The van der Waals surface area contributed by atoms with Crippen molar-refractivity contribution >= 4 is 29.6 Å². The van der Waals surface area contributed by atoms with Gasteiger partial charge in [-0.1, -0.05) is 0 Å². The summed E-state index contributed by atoms with van der Waals surface area (Å²) >= 11 is 0. The summed E-state index contributed by atoms with van der Waals surface area (Å²) < 4.78 is 0. The molecule has 2 heterocycles. The molecule has 0 aromatic rings. The molecule has 2 saturated heterocycles. The van der Waals surface area contributed by atoms with Crippen molar-refractivity contribution in [1.82, 2.24) is 10.2 Å². The molecule has 0 saturated carbocycles. The molecule has 0 aromatic carbocycles. The van der Waals surface area contributed by atoms with E-state index in [0.29, 0.717) is 38.8 Å². The zero-order chi connectivity index (χ0) is 14.0. The van der Waals surface area contributed by atoms with Crippen molar-refractivity contribution in [2.45, 2.75) is 25.7 Å². The van der Waals surface area contributed by atoms with Gasteiger partial charge in [0.15, 0.2) is 0 Å². The quantitative estimate of drug-likeness (QED) is 0.470. The van der Waals surface area contributed by atoms with Gasteiger partial charge in [0, 0.05) is 32.1 Å². The number of hydrogen-bond donors (Lipinski definition) is 3. The van der Waals surface area contributed by atoms with Gasteiger partial charge in [-0.05, 0) is 18.3 Å². The molecule has 0 aromatic heterocycles. The van der Waals surface area contributed by atoms with Crippen LogP contribution in [0, 0.1) is 16.2 Å². The van der Waals surface area contributed by atoms with Gasteiger partial charge in [-0.3, -0.25) is 25.1 Å². The molecule has 102 valence electrons. The average molecular weight is 264 g/mol. The number of nitrogens with zero attached hydrogens (tertiary/aromatic N) is 1. The Morgan fingerprint density at radius 1 is 1.21 bits per heavy atom. The zero-order valence-electron chi connectivity index (χ0n) is 10.5. The summed E-state index contributed by atoms with van der Waals surface area (Å²) in [5.74, 6) is -0.956. The Balaban J connectivity index is 2.00. The zero-order valence-corrected chi connectivity index (χ0v) is 10.5. The van der Waals surface area contributed by atoms with E-state index in [1.54, 1.807) is 0 Å². The summed E-state index contributed by atoms with van der Waals surface area (Å²) in [6.45, 7) is 0.852. The predicted molar refractivity (Wildman–Crippen MR) is 67.1 cm³/mol. The van der Waals surface area contributed by atoms with Crippen LogP contribution in [-0.2, 0) is 14.4 Å². The molecule has 2 rings (SSSR count). The topological polar surface area (TPSA) is 114 Å². The van der Waals surface area contributed by atoms with Crippen molar-refractivity contribution in [3.8, 4) is 0 Å².